The van der Waals surface area contributed by atoms with Crippen LogP contribution < -0.4 is 4.74 Å². The Morgan fingerprint density at radius 2 is 1.81 bits per heavy atom. The maximum atomic E-state index is 13.0. The van der Waals surface area contributed by atoms with Crippen LogP contribution in [0.3, 0.4) is 0 Å². The van der Waals surface area contributed by atoms with Crippen molar-refractivity contribution in [3.63, 3.8) is 0 Å². The number of rotatable bonds is 7. The molecule has 37 heavy (non-hydrogen) atoms. The second-order valence-electron chi connectivity index (χ2n) is 9.49. The number of benzene rings is 2. The second kappa shape index (κ2) is 10.1. The Bertz CT molecular complexity index is 1460. The molecule has 0 spiro atoms. The number of imidazole rings is 1. The summed E-state index contributed by atoms with van der Waals surface area (Å²) >= 11 is 0. The number of aromatic nitrogens is 2. The number of carbonyl (C=O) groups excluding carboxylic acids is 1. The average molecular weight is 503 g/mol. The maximum absolute atomic E-state index is 13.0. The van der Waals surface area contributed by atoms with Crippen LogP contribution >= 0.6 is 0 Å². The largest absolute Gasteiger partial charge is 0.485 e. The first-order valence-corrected chi connectivity index (χ1v) is 12.3. The van der Waals surface area contributed by atoms with Gasteiger partial charge in [-0.25, -0.2) is 9.78 Å². The lowest BCUT2D eigenvalue weighted by Crippen LogP contribution is -2.48. The molecule has 3 heterocycles. The van der Waals surface area contributed by atoms with Crippen LogP contribution in [0.25, 0.3) is 11.0 Å². The number of aromatic carboxylic acids is 1. The molecule has 0 saturated carbocycles. The molecule has 5 rings (SSSR count). The predicted octanol–water partition coefficient (Wildman–Crippen LogP) is 4.02. The summed E-state index contributed by atoms with van der Waals surface area (Å²) in [4.78, 5) is 33.0. The molecular formula is C28H30N4O5. The Kier molecular flexibility index (Phi) is 6.71. The molecule has 9 nitrogen and oxygen atoms in total. The number of aryl methyl sites for hydroxylation is 3. The fraction of sp³-hybridized carbons (Fsp3) is 0.321. The van der Waals surface area contributed by atoms with Gasteiger partial charge in [-0.2, -0.15) is 0 Å². The molecule has 2 aromatic carbocycles. The molecule has 0 unspecified atom stereocenters. The summed E-state index contributed by atoms with van der Waals surface area (Å²) in [6.45, 7) is 7.51. The van der Waals surface area contributed by atoms with Crippen molar-refractivity contribution < 1.29 is 23.8 Å². The first-order chi connectivity index (χ1) is 17.8. The molecule has 1 amide bonds. The molecule has 0 atom stereocenters. The van der Waals surface area contributed by atoms with Gasteiger partial charge in [0.2, 0.25) is 0 Å². The Balaban J connectivity index is 1.16. The van der Waals surface area contributed by atoms with Gasteiger partial charge < -0.3 is 23.7 Å². The SMILES string of the molecule is Cc1ccc(OCc2ccc(C(=O)N3CCN(Cc4nc5ccc(C(=O)O)cc5n4C)CC3)o2)c(C)c1. The van der Waals surface area contributed by atoms with Crippen molar-refractivity contribution in [3.05, 3.63) is 82.6 Å². The number of hydrogen-bond donors (Lipinski definition) is 1. The minimum absolute atomic E-state index is 0.124. The molecule has 0 radical (unpaired) electrons. The van der Waals surface area contributed by atoms with E-state index in [9.17, 15) is 14.7 Å². The van der Waals surface area contributed by atoms with E-state index >= 15 is 0 Å². The molecule has 192 valence electrons. The van der Waals surface area contributed by atoms with Crippen molar-refractivity contribution >= 4 is 22.9 Å². The zero-order valence-corrected chi connectivity index (χ0v) is 21.2. The number of fused-ring (bicyclic) bond motifs is 1. The molecule has 1 aliphatic heterocycles. The lowest BCUT2D eigenvalue weighted by Gasteiger charge is -2.34. The minimum Gasteiger partial charge on any atom is -0.485 e. The van der Waals surface area contributed by atoms with Crippen LogP contribution in [0.1, 0.15) is 43.6 Å². The maximum Gasteiger partial charge on any atom is 0.335 e. The van der Waals surface area contributed by atoms with E-state index in [1.165, 1.54) is 5.56 Å². The smallest absolute Gasteiger partial charge is 0.335 e. The lowest BCUT2D eigenvalue weighted by atomic mass is 10.1. The number of furan rings is 1. The molecule has 1 saturated heterocycles. The van der Waals surface area contributed by atoms with E-state index in [4.69, 9.17) is 9.15 Å². The molecular weight excluding hydrogens is 472 g/mol. The Morgan fingerprint density at radius 3 is 2.54 bits per heavy atom. The number of piperazine rings is 1. The fourth-order valence-corrected chi connectivity index (χ4v) is 4.66. The van der Waals surface area contributed by atoms with Crippen LogP contribution in [0.4, 0.5) is 0 Å². The predicted molar refractivity (Wildman–Crippen MR) is 138 cm³/mol. The zero-order chi connectivity index (χ0) is 26.1. The van der Waals surface area contributed by atoms with Gasteiger partial charge in [0.25, 0.3) is 5.91 Å². The van der Waals surface area contributed by atoms with E-state index in [1.807, 2.05) is 37.6 Å². The topological polar surface area (TPSA) is 101 Å². The van der Waals surface area contributed by atoms with Crippen LogP contribution in [-0.2, 0) is 20.2 Å². The van der Waals surface area contributed by atoms with Crippen molar-refractivity contribution in [2.75, 3.05) is 26.2 Å². The van der Waals surface area contributed by atoms with Crippen molar-refractivity contribution in [1.29, 1.82) is 0 Å². The van der Waals surface area contributed by atoms with E-state index in [1.54, 1.807) is 35.2 Å². The van der Waals surface area contributed by atoms with E-state index in [-0.39, 0.29) is 18.1 Å². The van der Waals surface area contributed by atoms with Gasteiger partial charge in [0, 0.05) is 33.2 Å². The summed E-state index contributed by atoms with van der Waals surface area (Å²) in [5.74, 6) is 1.50. The monoisotopic (exact) mass is 502 g/mol. The van der Waals surface area contributed by atoms with Gasteiger partial charge in [-0.1, -0.05) is 17.7 Å². The summed E-state index contributed by atoms with van der Waals surface area (Å²) in [5, 5.41) is 9.27. The number of carbonyl (C=O) groups is 2. The van der Waals surface area contributed by atoms with Gasteiger partial charge in [-0.3, -0.25) is 9.69 Å². The van der Waals surface area contributed by atoms with E-state index < -0.39 is 5.97 Å². The quantitative estimate of drug-likeness (QED) is 0.407. The van der Waals surface area contributed by atoms with Crippen molar-refractivity contribution in [1.82, 2.24) is 19.4 Å². The summed E-state index contributed by atoms with van der Waals surface area (Å²) in [5.41, 5.74) is 4.04. The van der Waals surface area contributed by atoms with Crippen LogP contribution in [0, 0.1) is 13.8 Å². The molecule has 1 aliphatic rings. The van der Waals surface area contributed by atoms with Gasteiger partial charge in [0.05, 0.1) is 23.1 Å². The average Bonchev–Trinajstić information content (AvgIpc) is 3.48. The minimum atomic E-state index is -0.956. The molecule has 1 fully saturated rings. The third-order valence-electron chi connectivity index (χ3n) is 6.82. The van der Waals surface area contributed by atoms with Crippen LogP contribution in [0.5, 0.6) is 5.75 Å². The fourth-order valence-electron chi connectivity index (χ4n) is 4.66. The summed E-state index contributed by atoms with van der Waals surface area (Å²) in [6, 6.07) is 14.5. The van der Waals surface area contributed by atoms with Gasteiger partial charge >= 0.3 is 5.97 Å². The van der Waals surface area contributed by atoms with Crippen molar-refractivity contribution in [3.8, 4) is 5.75 Å². The van der Waals surface area contributed by atoms with Gasteiger partial charge in [0.1, 0.15) is 23.9 Å². The Morgan fingerprint density at radius 1 is 1.03 bits per heavy atom. The van der Waals surface area contributed by atoms with Gasteiger partial charge in [-0.05, 0) is 55.8 Å². The van der Waals surface area contributed by atoms with Gasteiger partial charge in [-0.15, -0.1) is 0 Å². The van der Waals surface area contributed by atoms with E-state index in [0.717, 1.165) is 28.2 Å². The molecule has 0 bridgehead atoms. The van der Waals surface area contributed by atoms with Crippen LogP contribution in [-0.4, -0.2) is 62.5 Å². The van der Waals surface area contributed by atoms with Crippen LogP contribution in [0.15, 0.2) is 52.9 Å². The first kappa shape index (κ1) is 24.6. The molecule has 2 aromatic heterocycles. The summed E-state index contributed by atoms with van der Waals surface area (Å²) in [7, 11) is 1.90. The Labute approximate surface area is 214 Å². The number of hydrogen-bond acceptors (Lipinski definition) is 6. The molecule has 1 N–H and O–H groups in total. The van der Waals surface area contributed by atoms with E-state index in [0.29, 0.717) is 44.2 Å². The highest BCUT2D eigenvalue weighted by Gasteiger charge is 2.25. The normalized spacial score (nSPS) is 14.3. The molecule has 0 aliphatic carbocycles. The van der Waals surface area contributed by atoms with Crippen molar-refractivity contribution in [2.45, 2.75) is 27.0 Å². The highest BCUT2D eigenvalue weighted by Crippen LogP contribution is 2.22. The molecule has 4 aromatic rings. The third kappa shape index (κ3) is 5.22. The lowest BCUT2D eigenvalue weighted by molar-refractivity contribution is 0.0589. The number of amides is 1. The highest BCUT2D eigenvalue weighted by molar-refractivity contribution is 5.92. The zero-order valence-electron chi connectivity index (χ0n) is 21.2. The number of nitrogens with zero attached hydrogens (tertiary/aromatic N) is 4. The van der Waals surface area contributed by atoms with Gasteiger partial charge in [0.15, 0.2) is 5.76 Å². The standard InChI is InChI=1S/C28H30N4O5/c1-18-4-8-24(19(2)14-18)36-17-21-6-9-25(37-21)27(33)32-12-10-31(11-13-32)16-26-29-22-7-5-20(28(34)35)15-23(22)30(26)3/h4-9,14-15H,10-13,16-17H2,1-3H3,(H,34,35). The summed E-state index contributed by atoms with van der Waals surface area (Å²) in [6.07, 6.45) is 0. The number of carboxylic acids is 1. The van der Waals surface area contributed by atoms with Crippen LogP contribution in [0.2, 0.25) is 0 Å². The Hall–Kier alpha value is -4.11. The third-order valence-corrected chi connectivity index (χ3v) is 6.82. The first-order valence-electron chi connectivity index (χ1n) is 12.3. The van der Waals surface area contributed by atoms with Crippen molar-refractivity contribution in [2.24, 2.45) is 7.05 Å². The second-order valence-corrected chi connectivity index (χ2v) is 9.49. The number of ether oxygens (including phenoxy) is 1. The summed E-state index contributed by atoms with van der Waals surface area (Å²) < 4.78 is 13.6. The van der Waals surface area contributed by atoms with E-state index in [2.05, 4.69) is 16.0 Å². The number of carboxylic acid groups (broad SMARTS) is 1. The molecule has 9 heteroatoms. The highest BCUT2D eigenvalue weighted by atomic mass is 16.5.